The number of nitrogens with zero attached hydrogens (tertiary/aromatic N) is 2. The number of likely N-dealkylation sites (tertiary alicyclic amines) is 1. The van der Waals surface area contributed by atoms with Crippen molar-refractivity contribution in [3.63, 3.8) is 0 Å². The minimum absolute atomic E-state index is 0.0162. The molecule has 4 rings (SSSR count). The second kappa shape index (κ2) is 12.9. The number of hydrogen-bond acceptors (Lipinski definition) is 5. The molecule has 0 spiro atoms. The van der Waals surface area contributed by atoms with Crippen LogP contribution in [0.5, 0.6) is 0 Å². The van der Waals surface area contributed by atoms with Crippen molar-refractivity contribution in [2.75, 3.05) is 48.7 Å². The van der Waals surface area contributed by atoms with Crippen LogP contribution < -0.4 is 21.3 Å². The van der Waals surface area contributed by atoms with Crippen LogP contribution in [-0.2, 0) is 4.74 Å². The third-order valence-electron chi connectivity index (χ3n) is 6.27. The zero-order valence-electron chi connectivity index (χ0n) is 21.1. The Morgan fingerprint density at radius 3 is 2.47 bits per heavy atom. The molecule has 8 nitrogen and oxygen atoms in total. The maximum Gasteiger partial charge on any atom is 0.407 e. The Bertz CT molecular complexity index is 1250. The van der Waals surface area contributed by atoms with Gasteiger partial charge in [-0.3, -0.25) is 9.80 Å². The Morgan fingerprint density at radius 1 is 1.05 bits per heavy atom. The first kappa shape index (κ1) is 27.6. The van der Waals surface area contributed by atoms with Crippen molar-refractivity contribution < 1.29 is 14.3 Å². The summed E-state index contributed by atoms with van der Waals surface area (Å²) in [4.78, 5) is 29.1. The number of hydrogen-bond donors (Lipinski definition) is 3. The van der Waals surface area contributed by atoms with E-state index in [1.807, 2.05) is 48.5 Å². The highest BCUT2D eigenvalue weighted by Crippen LogP contribution is 2.27. The highest BCUT2D eigenvalue weighted by molar-refractivity contribution is 6.35. The topological polar surface area (TPSA) is 99.9 Å². The van der Waals surface area contributed by atoms with E-state index >= 15 is 0 Å². The summed E-state index contributed by atoms with van der Waals surface area (Å²) in [5, 5.41) is 6.67. The molecule has 0 aromatic heterocycles. The van der Waals surface area contributed by atoms with Crippen molar-refractivity contribution in [3.05, 3.63) is 76.8 Å². The van der Waals surface area contributed by atoms with Crippen molar-refractivity contribution in [1.29, 1.82) is 0 Å². The lowest BCUT2D eigenvalue weighted by molar-refractivity contribution is 0.148. The maximum absolute atomic E-state index is 13.4. The van der Waals surface area contributed by atoms with Gasteiger partial charge in [-0.25, -0.2) is 9.59 Å². The van der Waals surface area contributed by atoms with E-state index in [2.05, 4.69) is 15.5 Å². The average Bonchev–Trinajstić information content (AvgIpc) is 3.31. The van der Waals surface area contributed by atoms with E-state index in [1.54, 1.807) is 30.0 Å². The van der Waals surface area contributed by atoms with E-state index in [9.17, 15) is 9.59 Å². The molecule has 38 heavy (non-hydrogen) atoms. The number of nitrogens with one attached hydrogen (secondary N) is 2. The SMILES string of the molecule is CCOC(=O)N[C@@H]1CCN(CCN(C(=O)Nc2cc(Cl)cc(Cl)c2)c2ccc(-c3cccc(N)c3)cc2)C1. The first-order valence-electron chi connectivity index (χ1n) is 12.5. The Labute approximate surface area is 232 Å². The van der Waals surface area contributed by atoms with E-state index < -0.39 is 6.09 Å². The molecule has 3 aromatic carbocycles. The zero-order chi connectivity index (χ0) is 27.1. The van der Waals surface area contributed by atoms with Crippen LogP contribution in [0.3, 0.4) is 0 Å². The first-order chi connectivity index (χ1) is 18.3. The molecule has 3 aromatic rings. The van der Waals surface area contributed by atoms with Gasteiger partial charge in [-0.1, -0.05) is 47.5 Å². The predicted octanol–water partition coefficient (Wildman–Crippen LogP) is 6.10. The summed E-state index contributed by atoms with van der Waals surface area (Å²) < 4.78 is 4.99. The van der Waals surface area contributed by atoms with Crippen LogP contribution in [0.2, 0.25) is 10.0 Å². The summed E-state index contributed by atoms with van der Waals surface area (Å²) in [6.45, 7) is 4.67. The summed E-state index contributed by atoms with van der Waals surface area (Å²) in [7, 11) is 0. The number of halogens is 2. The molecule has 4 N–H and O–H groups in total. The fraction of sp³-hybridized carbons (Fsp3) is 0.286. The zero-order valence-corrected chi connectivity index (χ0v) is 22.6. The summed E-state index contributed by atoms with van der Waals surface area (Å²) >= 11 is 12.3. The number of amides is 3. The van der Waals surface area contributed by atoms with Gasteiger partial charge in [0.1, 0.15) is 0 Å². The van der Waals surface area contributed by atoms with Crippen molar-refractivity contribution >= 4 is 52.4 Å². The molecule has 200 valence electrons. The molecule has 1 atom stereocenters. The van der Waals surface area contributed by atoms with E-state index in [0.29, 0.717) is 47.7 Å². The van der Waals surface area contributed by atoms with Crippen molar-refractivity contribution in [2.24, 2.45) is 0 Å². The van der Waals surface area contributed by atoms with Crippen molar-refractivity contribution in [1.82, 2.24) is 10.2 Å². The molecule has 1 heterocycles. The maximum atomic E-state index is 13.4. The minimum Gasteiger partial charge on any atom is -0.450 e. The number of nitrogens with two attached hydrogens (primary N) is 1. The smallest absolute Gasteiger partial charge is 0.407 e. The third-order valence-corrected chi connectivity index (χ3v) is 6.70. The van der Waals surface area contributed by atoms with Gasteiger partial charge in [0.15, 0.2) is 0 Å². The summed E-state index contributed by atoms with van der Waals surface area (Å²) in [5.41, 5.74) is 9.88. The van der Waals surface area contributed by atoms with Gasteiger partial charge in [0.2, 0.25) is 0 Å². The van der Waals surface area contributed by atoms with E-state index in [4.69, 9.17) is 33.7 Å². The molecule has 10 heteroatoms. The van der Waals surface area contributed by atoms with Gasteiger partial charge in [-0.2, -0.15) is 0 Å². The van der Waals surface area contributed by atoms with E-state index in [1.165, 1.54) is 0 Å². The molecule has 0 bridgehead atoms. The number of anilines is 3. The number of benzene rings is 3. The molecule has 3 amide bonds. The second-order valence-electron chi connectivity index (χ2n) is 9.06. The number of carbonyl (C=O) groups is 2. The second-order valence-corrected chi connectivity index (χ2v) is 9.94. The fourth-order valence-electron chi connectivity index (χ4n) is 4.45. The van der Waals surface area contributed by atoms with Crippen LogP contribution in [0.1, 0.15) is 13.3 Å². The lowest BCUT2D eigenvalue weighted by Crippen LogP contribution is -2.42. The molecule has 0 unspecified atom stereocenters. The summed E-state index contributed by atoms with van der Waals surface area (Å²) in [6.07, 6.45) is 0.418. The van der Waals surface area contributed by atoms with Crippen LogP contribution >= 0.6 is 23.2 Å². The number of carbonyl (C=O) groups excluding carboxylic acids is 2. The van der Waals surface area contributed by atoms with Gasteiger partial charge in [-0.15, -0.1) is 0 Å². The van der Waals surface area contributed by atoms with Crippen molar-refractivity contribution in [2.45, 2.75) is 19.4 Å². The largest absolute Gasteiger partial charge is 0.450 e. The number of nitrogen functional groups attached to an aromatic ring is 1. The fourth-order valence-corrected chi connectivity index (χ4v) is 4.98. The van der Waals surface area contributed by atoms with Crippen LogP contribution in [-0.4, -0.2) is 55.9 Å². The number of urea groups is 1. The van der Waals surface area contributed by atoms with Crippen molar-refractivity contribution in [3.8, 4) is 11.1 Å². The molecule has 1 aliphatic rings. The Hall–Kier alpha value is -3.46. The van der Waals surface area contributed by atoms with Gasteiger partial charge in [-0.05, 0) is 66.9 Å². The molecule has 1 saturated heterocycles. The average molecular weight is 556 g/mol. The molecule has 0 aliphatic carbocycles. The van der Waals surface area contributed by atoms with E-state index in [0.717, 1.165) is 29.8 Å². The Kier molecular flexibility index (Phi) is 9.33. The quantitative estimate of drug-likeness (QED) is 0.291. The van der Waals surface area contributed by atoms with Crippen LogP contribution in [0.4, 0.5) is 26.7 Å². The van der Waals surface area contributed by atoms with E-state index in [-0.39, 0.29) is 12.1 Å². The molecule has 1 fully saturated rings. The number of ether oxygens (including phenoxy) is 1. The van der Waals surface area contributed by atoms with Gasteiger partial charge in [0.25, 0.3) is 0 Å². The molecular formula is C28H31Cl2N5O3. The third kappa shape index (κ3) is 7.54. The van der Waals surface area contributed by atoms with Gasteiger partial charge >= 0.3 is 12.1 Å². The summed E-state index contributed by atoms with van der Waals surface area (Å²) in [6, 6.07) is 20.1. The van der Waals surface area contributed by atoms with Gasteiger partial charge < -0.3 is 21.1 Å². The Balaban J connectivity index is 1.48. The van der Waals surface area contributed by atoms with Crippen LogP contribution in [0.15, 0.2) is 66.7 Å². The molecule has 0 saturated carbocycles. The van der Waals surface area contributed by atoms with Crippen LogP contribution in [0.25, 0.3) is 11.1 Å². The highest BCUT2D eigenvalue weighted by Gasteiger charge is 2.26. The normalized spacial score (nSPS) is 15.2. The van der Waals surface area contributed by atoms with Gasteiger partial charge in [0, 0.05) is 59.3 Å². The summed E-state index contributed by atoms with van der Waals surface area (Å²) in [5.74, 6) is 0. The number of rotatable bonds is 8. The van der Waals surface area contributed by atoms with Crippen LogP contribution in [0, 0.1) is 0 Å². The predicted molar refractivity (Wildman–Crippen MR) is 154 cm³/mol. The minimum atomic E-state index is -0.402. The van der Waals surface area contributed by atoms with Gasteiger partial charge in [0.05, 0.1) is 6.61 Å². The Morgan fingerprint density at radius 2 is 1.79 bits per heavy atom. The number of alkyl carbamates (subject to hydrolysis) is 1. The highest BCUT2D eigenvalue weighted by atomic mass is 35.5. The molecule has 0 radical (unpaired) electrons. The lowest BCUT2D eigenvalue weighted by atomic mass is 10.0. The molecular weight excluding hydrogens is 525 g/mol. The first-order valence-corrected chi connectivity index (χ1v) is 13.2. The standard InChI is InChI=1S/C28H31Cl2N5O3/c1-2-38-28(37)33-24-10-11-34(18-24)12-13-35(27(36)32-25-16-21(29)15-22(30)17-25)26-8-6-19(7-9-26)20-4-3-5-23(31)14-20/h3-9,14-17,24H,2,10-13,18,31H2,1H3,(H,32,36)(H,33,37)/t24-/m1/s1. The lowest BCUT2D eigenvalue weighted by Gasteiger charge is -2.26. The monoisotopic (exact) mass is 555 g/mol. The molecule has 1 aliphatic heterocycles.